The molecular formula is C18H17N3O3S. The van der Waals surface area contributed by atoms with Crippen LogP contribution in [0.1, 0.15) is 28.4 Å². The van der Waals surface area contributed by atoms with Crippen LogP contribution in [-0.4, -0.2) is 15.4 Å². The zero-order valence-electron chi connectivity index (χ0n) is 14.1. The Morgan fingerprint density at radius 3 is 2.60 bits per heavy atom. The predicted molar refractivity (Wildman–Crippen MR) is 98.0 cm³/mol. The van der Waals surface area contributed by atoms with Crippen LogP contribution in [0.5, 0.6) is 0 Å². The highest BCUT2D eigenvalue weighted by molar-refractivity contribution is 7.16. The van der Waals surface area contributed by atoms with Crippen molar-refractivity contribution in [2.24, 2.45) is 4.99 Å². The van der Waals surface area contributed by atoms with E-state index >= 15 is 0 Å². The van der Waals surface area contributed by atoms with Crippen LogP contribution in [0, 0.1) is 24.0 Å². The third kappa shape index (κ3) is 3.10. The Bertz CT molecular complexity index is 1060. The largest absolute Gasteiger partial charge is 0.317 e. The average molecular weight is 355 g/mol. The molecule has 0 bridgehead atoms. The number of rotatable bonds is 3. The summed E-state index contributed by atoms with van der Waals surface area (Å²) in [5, 5.41) is 11.1. The van der Waals surface area contributed by atoms with Crippen LogP contribution in [0.3, 0.4) is 0 Å². The lowest BCUT2D eigenvalue weighted by molar-refractivity contribution is -0.385. The molecular weight excluding hydrogens is 338 g/mol. The molecule has 1 amide bonds. The SMILES string of the molecule is CCn1c(=NC(=O)c2ccccc2[N+](=O)[O-])sc2cc(C)c(C)cc21. The summed E-state index contributed by atoms with van der Waals surface area (Å²) in [4.78, 5) is 27.8. The van der Waals surface area contributed by atoms with Crippen molar-refractivity contribution in [1.29, 1.82) is 0 Å². The molecule has 3 rings (SSSR count). The number of aromatic nitrogens is 1. The Hall–Kier alpha value is -2.80. The Morgan fingerprint density at radius 1 is 1.24 bits per heavy atom. The summed E-state index contributed by atoms with van der Waals surface area (Å²) in [6.07, 6.45) is 0. The highest BCUT2D eigenvalue weighted by Crippen LogP contribution is 2.23. The molecule has 0 unspecified atom stereocenters. The minimum absolute atomic E-state index is 0.0000275. The summed E-state index contributed by atoms with van der Waals surface area (Å²) in [5.74, 6) is -0.602. The molecule has 0 aliphatic rings. The number of amides is 1. The molecule has 0 aliphatic carbocycles. The van der Waals surface area contributed by atoms with Crippen LogP contribution in [0.15, 0.2) is 41.4 Å². The summed E-state index contributed by atoms with van der Waals surface area (Å²) in [6, 6.07) is 10.0. The van der Waals surface area contributed by atoms with E-state index in [0.717, 1.165) is 10.2 Å². The van der Waals surface area contributed by atoms with E-state index in [9.17, 15) is 14.9 Å². The van der Waals surface area contributed by atoms with Crippen molar-refractivity contribution in [3.05, 3.63) is 68.0 Å². The number of nitro benzene ring substituents is 1. The van der Waals surface area contributed by atoms with Crippen molar-refractivity contribution in [3.8, 4) is 0 Å². The molecule has 0 atom stereocenters. The van der Waals surface area contributed by atoms with Crippen molar-refractivity contribution < 1.29 is 9.72 Å². The minimum atomic E-state index is -0.602. The second-order valence-corrected chi connectivity index (χ2v) is 6.73. The van der Waals surface area contributed by atoms with Gasteiger partial charge in [-0.2, -0.15) is 4.99 Å². The van der Waals surface area contributed by atoms with Crippen LogP contribution in [0.2, 0.25) is 0 Å². The summed E-state index contributed by atoms with van der Waals surface area (Å²) >= 11 is 1.41. The van der Waals surface area contributed by atoms with Crippen LogP contribution in [0.4, 0.5) is 5.69 Å². The molecule has 0 radical (unpaired) electrons. The fraction of sp³-hybridized carbons (Fsp3) is 0.222. The first-order chi connectivity index (χ1) is 11.9. The maximum absolute atomic E-state index is 12.5. The quantitative estimate of drug-likeness (QED) is 0.526. The average Bonchev–Trinajstić information content (AvgIpc) is 2.91. The smallest absolute Gasteiger partial charge is 0.286 e. The molecule has 128 valence electrons. The second kappa shape index (κ2) is 6.60. The van der Waals surface area contributed by atoms with E-state index in [1.54, 1.807) is 6.07 Å². The number of hydrogen-bond donors (Lipinski definition) is 0. The first-order valence-corrected chi connectivity index (χ1v) is 8.67. The number of para-hydroxylation sites is 1. The van der Waals surface area contributed by atoms with Gasteiger partial charge in [-0.15, -0.1) is 0 Å². The Balaban J connectivity index is 2.19. The number of carbonyl (C=O) groups is 1. The van der Waals surface area contributed by atoms with Crippen LogP contribution < -0.4 is 4.80 Å². The van der Waals surface area contributed by atoms with Crippen molar-refractivity contribution >= 4 is 33.1 Å². The number of thiazole rings is 1. The van der Waals surface area contributed by atoms with Crippen molar-refractivity contribution in [2.75, 3.05) is 0 Å². The fourth-order valence-electron chi connectivity index (χ4n) is 2.67. The van der Waals surface area contributed by atoms with E-state index in [-0.39, 0.29) is 11.3 Å². The number of nitrogens with zero attached hydrogens (tertiary/aromatic N) is 3. The number of aryl methyl sites for hydroxylation is 3. The third-order valence-electron chi connectivity index (χ3n) is 4.14. The van der Waals surface area contributed by atoms with Crippen molar-refractivity contribution in [1.82, 2.24) is 4.57 Å². The van der Waals surface area contributed by atoms with Gasteiger partial charge in [0.2, 0.25) is 0 Å². The van der Waals surface area contributed by atoms with Gasteiger partial charge in [0.1, 0.15) is 5.56 Å². The van der Waals surface area contributed by atoms with E-state index in [1.165, 1.54) is 40.7 Å². The second-order valence-electron chi connectivity index (χ2n) is 5.72. The van der Waals surface area contributed by atoms with E-state index in [1.807, 2.05) is 25.3 Å². The van der Waals surface area contributed by atoms with Gasteiger partial charge >= 0.3 is 0 Å². The van der Waals surface area contributed by atoms with Gasteiger partial charge in [0.05, 0.1) is 15.1 Å². The highest BCUT2D eigenvalue weighted by atomic mass is 32.1. The standard InChI is InChI=1S/C18H17N3O3S/c1-4-20-15-9-11(2)12(3)10-16(15)25-18(20)19-17(22)13-7-5-6-8-14(13)21(23)24/h5-10H,4H2,1-3H3. The molecule has 25 heavy (non-hydrogen) atoms. The summed E-state index contributed by atoms with van der Waals surface area (Å²) in [6.45, 7) is 6.73. The number of fused-ring (bicyclic) bond motifs is 1. The minimum Gasteiger partial charge on any atom is -0.317 e. The maximum Gasteiger partial charge on any atom is 0.286 e. The van der Waals surface area contributed by atoms with Gasteiger partial charge in [-0.1, -0.05) is 23.5 Å². The van der Waals surface area contributed by atoms with Gasteiger partial charge in [0.25, 0.3) is 11.6 Å². The number of carbonyl (C=O) groups excluding carboxylic acids is 1. The lowest BCUT2D eigenvalue weighted by atomic mass is 10.1. The molecule has 0 N–H and O–H groups in total. The zero-order valence-corrected chi connectivity index (χ0v) is 15.0. The molecule has 0 fully saturated rings. The number of hydrogen-bond acceptors (Lipinski definition) is 4. The van der Waals surface area contributed by atoms with E-state index in [4.69, 9.17) is 0 Å². The molecule has 7 heteroatoms. The summed E-state index contributed by atoms with van der Waals surface area (Å²) in [7, 11) is 0. The maximum atomic E-state index is 12.5. The number of benzene rings is 2. The van der Waals surface area contributed by atoms with Crippen molar-refractivity contribution in [2.45, 2.75) is 27.3 Å². The molecule has 2 aromatic carbocycles. The fourth-order valence-corrected chi connectivity index (χ4v) is 3.85. The highest BCUT2D eigenvalue weighted by Gasteiger charge is 2.19. The van der Waals surface area contributed by atoms with E-state index in [2.05, 4.69) is 17.1 Å². The Morgan fingerprint density at radius 2 is 1.92 bits per heavy atom. The van der Waals surface area contributed by atoms with Gasteiger partial charge in [0, 0.05) is 12.6 Å². The molecule has 0 saturated heterocycles. The van der Waals surface area contributed by atoms with Crippen LogP contribution >= 0.6 is 11.3 Å². The third-order valence-corrected chi connectivity index (χ3v) is 5.18. The normalized spacial score (nSPS) is 11.9. The molecule has 0 spiro atoms. The van der Waals surface area contributed by atoms with Gasteiger partial charge < -0.3 is 4.57 Å². The lowest BCUT2D eigenvalue weighted by Gasteiger charge is -2.03. The van der Waals surface area contributed by atoms with Gasteiger partial charge in [0.15, 0.2) is 4.80 Å². The summed E-state index contributed by atoms with van der Waals surface area (Å²) < 4.78 is 3.00. The Kier molecular flexibility index (Phi) is 4.50. The van der Waals surface area contributed by atoms with Gasteiger partial charge in [-0.05, 0) is 50.1 Å². The number of nitro groups is 1. The molecule has 1 heterocycles. The topological polar surface area (TPSA) is 77.5 Å². The molecule has 0 saturated carbocycles. The lowest BCUT2D eigenvalue weighted by Crippen LogP contribution is -2.16. The monoisotopic (exact) mass is 355 g/mol. The van der Waals surface area contributed by atoms with E-state index < -0.39 is 10.8 Å². The van der Waals surface area contributed by atoms with Gasteiger partial charge in [-0.3, -0.25) is 14.9 Å². The predicted octanol–water partition coefficient (Wildman–Crippen LogP) is 3.99. The summed E-state index contributed by atoms with van der Waals surface area (Å²) in [5.41, 5.74) is 3.13. The molecule has 1 aromatic heterocycles. The molecule has 6 nitrogen and oxygen atoms in total. The Labute approximate surface area is 148 Å². The van der Waals surface area contributed by atoms with E-state index in [0.29, 0.717) is 11.3 Å². The zero-order chi connectivity index (χ0) is 18.1. The first kappa shape index (κ1) is 17.0. The van der Waals surface area contributed by atoms with Crippen molar-refractivity contribution in [3.63, 3.8) is 0 Å². The van der Waals surface area contributed by atoms with Crippen LogP contribution in [-0.2, 0) is 6.54 Å². The first-order valence-electron chi connectivity index (χ1n) is 7.85. The van der Waals surface area contributed by atoms with Gasteiger partial charge in [-0.25, -0.2) is 0 Å². The van der Waals surface area contributed by atoms with Crippen LogP contribution in [0.25, 0.3) is 10.2 Å². The molecule has 3 aromatic rings. The molecule has 0 aliphatic heterocycles.